The van der Waals surface area contributed by atoms with Crippen LogP contribution in [-0.4, -0.2) is 12.2 Å². The minimum absolute atomic E-state index is 0.201. The molecule has 0 atom stereocenters. The van der Waals surface area contributed by atoms with Gasteiger partial charge in [0.1, 0.15) is 0 Å². The molecule has 1 heterocycles. The Balaban J connectivity index is 2.94. The van der Waals surface area contributed by atoms with Crippen LogP contribution in [0.1, 0.15) is 22.2 Å². The zero-order valence-electron chi connectivity index (χ0n) is 6.51. The molecule has 0 unspecified atom stereocenters. The van der Waals surface area contributed by atoms with E-state index in [1.54, 1.807) is 11.4 Å². The van der Waals surface area contributed by atoms with Crippen molar-refractivity contribution < 1.29 is 13.6 Å². The number of thiophene rings is 1. The first-order valence-electron chi connectivity index (χ1n) is 3.55. The topological polar surface area (TPSA) is 17.1 Å². The summed E-state index contributed by atoms with van der Waals surface area (Å²) in [6.07, 6.45) is -2.26. The van der Waals surface area contributed by atoms with Crippen LogP contribution in [0.2, 0.25) is 0 Å². The molecular formula is C8H8F2OS. The lowest BCUT2D eigenvalue weighted by molar-refractivity contribution is 0.0682. The summed E-state index contributed by atoms with van der Waals surface area (Å²) in [4.78, 5) is 11.0. The van der Waals surface area contributed by atoms with Crippen molar-refractivity contribution in [3.8, 4) is 0 Å². The molecule has 1 aromatic rings. The highest BCUT2D eigenvalue weighted by atomic mass is 32.1. The third kappa shape index (κ3) is 1.69. The quantitative estimate of drug-likeness (QED) is 0.670. The van der Waals surface area contributed by atoms with Crippen LogP contribution in [0.25, 0.3) is 0 Å². The predicted molar refractivity (Wildman–Crippen MR) is 44.0 cm³/mol. The highest BCUT2D eigenvalue weighted by Crippen LogP contribution is 2.20. The van der Waals surface area contributed by atoms with E-state index in [1.807, 2.05) is 6.92 Å². The van der Waals surface area contributed by atoms with E-state index in [0.717, 1.165) is 11.3 Å². The molecule has 1 rings (SSSR count). The van der Waals surface area contributed by atoms with Gasteiger partial charge in [0.15, 0.2) is 0 Å². The molecule has 0 bridgehead atoms. The maximum Gasteiger partial charge on any atom is 0.301 e. The SMILES string of the molecule is CCc1ccsc1C(=O)C(F)F. The fraction of sp³-hybridized carbons (Fsp3) is 0.375. The Morgan fingerprint density at radius 3 is 2.83 bits per heavy atom. The predicted octanol–water partition coefficient (Wildman–Crippen LogP) is 2.76. The van der Waals surface area contributed by atoms with Gasteiger partial charge < -0.3 is 0 Å². The lowest BCUT2D eigenvalue weighted by Crippen LogP contribution is -2.09. The van der Waals surface area contributed by atoms with Crippen molar-refractivity contribution in [1.29, 1.82) is 0 Å². The van der Waals surface area contributed by atoms with Gasteiger partial charge in [-0.25, -0.2) is 8.78 Å². The Kier molecular flexibility index (Phi) is 2.92. The lowest BCUT2D eigenvalue weighted by atomic mass is 10.1. The number of hydrogen-bond donors (Lipinski definition) is 0. The molecule has 0 aromatic carbocycles. The number of ketones is 1. The molecule has 0 aliphatic rings. The number of hydrogen-bond acceptors (Lipinski definition) is 2. The molecule has 0 radical (unpaired) electrons. The van der Waals surface area contributed by atoms with Gasteiger partial charge in [0.2, 0.25) is 5.78 Å². The third-order valence-corrected chi connectivity index (χ3v) is 2.52. The van der Waals surface area contributed by atoms with Crippen LogP contribution in [0.3, 0.4) is 0 Å². The van der Waals surface area contributed by atoms with Gasteiger partial charge in [-0.05, 0) is 23.4 Å². The van der Waals surface area contributed by atoms with Crippen LogP contribution in [-0.2, 0) is 6.42 Å². The maximum atomic E-state index is 12.0. The first-order chi connectivity index (χ1) is 5.66. The molecule has 0 N–H and O–H groups in total. The van der Waals surface area contributed by atoms with Crippen molar-refractivity contribution in [3.05, 3.63) is 21.9 Å². The number of alkyl halides is 2. The van der Waals surface area contributed by atoms with E-state index in [0.29, 0.717) is 12.0 Å². The minimum Gasteiger partial charge on any atom is -0.287 e. The smallest absolute Gasteiger partial charge is 0.287 e. The number of carbonyl (C=O) groups excluding carboxylic acids is 1. The Labute approximate surface area is 73.0 Å². The summed E-state index contributed by atoms with van der Waals surface area (Å²) in [5, 5.41) is 1.66. The summed E-state index contributed by atoms with van der Waals surface area (Å²) in [7, 11) is 0. The standard InChI is InChI=1S/C8H8F2OS/c1-2-5-3-4-12-7(5)6(11)8(9)10/h3-4,8H,2H2,1H3. The van der Waals surface area contributed by atoms with E-state index >= 15 is 0 Å². The molecule has 12 heavy (non-hydrogen) atoms. The molecule has 0 amide bonds. The van der Waals surface area contributed by atoms with Crippen molar-refractivity contribution in [1.82, 2.24) is 0 Å². The molecule has 0 aliphatic carbocycles. The molecule has 4 heteroatoms. The van der Waals surface area contributed by atoms with E-state index in [9.17, 15) is 13.6 Å². The zero-order chi connectivity index (χ0) is 9.14. The second kappa shape index (κ2) is 3.76. The van der Waals surface area contributed by atoms with Gasteiger partial charge in [-0.1, -0.05) is 6.92 Å². The van der Waals surface area contributed by atoms with E-state index in [-0.39, 0.29) is 4.88 Å². The van der Waals surface area contributed by atoms with Crippen molar-refractivity contribution in [2.75, 3.05) is 0 Å². The average Bonchev–Trinajstić information content (AvgIpc) is 2.49. The number of Topliss-reactive ketones (excluding diaryl/α,β-unsaturated/α-hetero) is 1. The molecular weight excluding hydrogens is 182 g/mol. The monoisotopic (exact) mass is 190 g/mol. The van der Waals surface area contributed by atoms with Gasteiger partial charge in [0.05, 0.1) is 4.88 Å². The first-order valence-corrected chi connectivity index (χ1v) is 4.43. The Bertz CT molecular complexity index is 280. The van der Waals surface area contributed by atoms with Gasteiger partial charge in [-0.3, -0.25) is 4.79 Å². The summed E-state index contributed by atoms with van der Waals surface area (Å²) in [5.41, 5.74) is 0.713. The average molecular weight is 190 g/mol. The molecule has 1 nitrogen and oxygen atoms in total. The summed E-state index contributed by atoms with van der Waals surface area (Å²) < 4.78 is 23.9. The van der Waals surface area contributed by atoms with E-state index in [4.69, 9.17) is 0 Å². The Morgan fingerprint density at radius 1 is 1.67 bits per heavy atom. The van der Waals surface area contributed by atoms with Crippen LogP contribution >= 0.6 is 11.3 Å². The maximum absolute atomic E-state index is 12.0. The van der Waals surface area contributed by atoms with Crippen molar-refractivity contribution in [2.24, 2.45) is 0 Å². The Morgan fingerprint density at radius 2 is 2.33 bits per heavy atom. The molecule has 0 spiro atoms. The van der Waals surface area contributed by atoms with E-state index in [2.05, 4.69) is 0 Å². The molecule has 66 valence electrons. The molecule has 0 aliphatic heterocycles. The minimum atomic E-state index is -2.88. The van der Waals surface area contributed by atoms with Crippen LogP contribution in [0.15, 0.2) is 11.4 Å². The van der Waals surface area contributed by atoms with Crippen LogP contribution in [0.5, 0.6) is 0 Å². The van der Waals surface area contributed by atoms with Crippen LogP contribution < -0.4 is 0 Å². The third-order valence-electron chi connectivity index (χ3n) is 1.55. The van der Waals surface area contributed by atoms with Crippen LogP contribution in [0, 0.1) is 0 Å². The first kappa shape index (κ1) is 9.32. The highest BCUT2D eigenvalue weighted by Gasteiger charge is 2.21. The van der Waals surface area contributed by atoms with Gasteiger partial charge in [0, 0.05) is 0 Å². The summed E-state index contributed by atoms with van der Waals surface area (Å²) in [6.45, 7) is 1.84. The second-order valence-electron chi connectivity index (χ2n) is 2.29. The summed E-state index contributed by atoms with van der Waals surface area (Å²) >= 11 is 1.08. The number of rotatable bonds is 3. The largest absolute Gasteiger partial charge is 0.301 e. The van der Waals surface area contributed by atoms with E-state index < -0.39 is 12.2 Å². The van der Waals surface area contributed by atoms with Gasteiger partial charge >= 0.3 is 6.43 Å². The van der Waals surface area contributed by atoms with Crippen molar-refractivity contribution in [3.63, 3.8) is 0 Å². The molecule has 0 saturated carbocycles. The van der Waals surface area contributed by atoms with Gasteiger partial charge in [0.25, 0.3) is 0 Å². The van der Waals surface area contributed by atoms with Crippen LogP contribution in [0.4, 0.5) is 8.78 Å². The van der Waals surface area contributed by atoms with Gasteiger partial charge in [-0.15, -0.1) is 11.3 Å². The zero-order valence-corrected chi connectivity index (χ0v) is 7.33. The molecule has 1 aromatic heterocycles. The fourth-order valence-corrected chi connectivity index (χ4v) is 1.87. The number of aryl methyl sites for hydroxylation is 1. The molecule has 0 saturated heterocycles. The fourth-order valence-electron chi connectivity index (χ4n) is 0.929. The Hall–Kier alpha value is -0.770. The number of carbonyl (C=O) groups is 1. The lowest BCUT2D eigenvalue weighted by Gasteiger charge is -1.98. The summed E-state index contributed by atoms with van der Waals surface area (Å²) in [5.74, 6) is -1.05. The normalized spacial score (nSPS) is 10.7. The van der Waals surface area contributed by atoms with Crippen molar-refractivity contribution >= 4 is 17.1 Å². The van der Waals surface area contributed by atoms with Gasteiger partial charge in [-0.2, -0.15) is 0 Å². The second-order valence-corrected chi connectivity index (χ2v) is 3.21. The molecule has 0 fully saturated rings. The van der Waals surface area contributed by atoms with Crippen molar-refractivity contribution in [2.45, 2.75) is 19.8 Å². The van der Waals surface area contributed by atoms with E-state index in [1.165, 1.54) is 0 Å². The number of halogens is 2. The summed E-state index contributed by atoms with van der Waals surface area (Å²) in [6, 6.07) is 1.71. The highest BCUT2D eigenvalue weighted by molar-refractivity contribution is 7.12.